The molecule has 6 nitrogen and oxygen atoms in total. The van der Waals surface area contributed by atoms with Gasteiger partial charge in [-0.15, -0.1) is 0 Å². The molecule has 2 N–H and O–H groups in total. The number of aromatic nitrogens is 2. The number of ether oxygens (including phenoxy) is 1. The Labute approximate surface area is 105 Å². The van der Waals surface area contributed by atoms with Gasteiger partial charge in [0.15, 0.2) is 11.6 Å². The van der Waals surface area contributed by atoms with Gasteiger partial charge in [0.25, 0.3) is 0 Å². The number of aryl methyl sites for hydroxylation is 1. The van der Waals surface area contributed by atoms with E-state index in [9.17, 15) is 0 Å². The SMILES string of the molecule is COc1c(N)ncnc1N(C)Cc1ccc(C)o1. The maximum Gasteiger partial charge on any atom is 0.204 e. The van der Waals surface area contributed by atoms with Crippen molar-refractivity contribution >= 4 is 11.6 Å². The van der Waals surface area contributed by atoms with Crippen LogP contribution in [0.2, 0.25) is 0 Å². The number of rotatable bonds is 4. The van der Waals surface area contributed by atoms with Gasteiger partial charge in [0.05, 0.1) is 13.7 Å². The summed E-state index contributed by atoms with van der Waals surface area (Å²) in [5.41, 5.74) is 5.74. The molecular weight excluding hydrogens is 232 g/mol. The van der Waals surface area contributed by atoms with Gasteiger partial charge >= 0.3 is 0 Å². The summed E-state index contributed by atoms with van der Waals surface area (Å²) in [6.45, 7) is 2.49. The van der Waals surface area contributed by atoms with Gasteiger partial charge in [0.1, 0.15) is 17.8 Å². The van der Waals surface area contributed by atoms with Crippen molar-refractivity contribution < 1.29 is 9.15 Å². The number of anilines is 2. The van der Waals surface area contributed by atoms with Crippen molar-refractivity contribution in [3.05, 3.63) is 30.0 Å². The number of hydrogen-bond donors (Lipinski definition) is 1. The van der Waals surface area contributed by atoms with E-state index >= 15 is 0 Å². The van der Waals surface area contributed by atoms with Gasteiger partial charge in [-0.25, -0.2) is 9.97 Å². The molecule has 0 bridgehead atoms. The zero-order valence-electron chi connectivity index (χ0n) is 10.7. The lowest BCUT2D eigenvalue weighted by Crippen LogP contribution is -2.19. The Balaban J connectivity index is 2.23. The first-order valence-corrected chi connectivity index (χ1v) is 5.52. The molecule has 0 radical (unpaired) electrons. The number of nitrogens with zero attached hydrogens (tertiary/aromatic N) is 3. The standard InChI is InChI=1S/C12H16N4O2/c1-8-4-5-9(18-8)6-16(2)12-10(17-3)11(13)14-7-15-12/h4-5,7H,6H2,1-3H3,(H2,13,14,15). The quantitative estimate of drug-likeness (QED) is 0.885. The van der Waals surface area contributed by atoms with Gasteiger partial charge in [0, 0.05) is 7.05 Å². The maximum absolute atomic E-state index is 5.74. The van der Waals surface area contributed by atoms with Crippen molar-refractivity contribution in [1.82, 2.24) is 9.97 Å². The molecule has 0 saturated carbocycles. The summed E-state index contributed by atoms with van der Waals surface area (Å²) in [4.78, 5) is 9.98. The number of furan rings is 1. The van der Waals surface area contributed by atoms with E-state index in [0.717, 1.165) is 11.5 Å². The molecule has 0 aliphatic carbocycles. The molecule has 2 aromatic rings. The van der Waals surface area contributed by atoms with E-state index in [0.29, 0.717) is 23.9 Å². The van der Waals surface area contributed by atoms with Gasteiger partial charge in [-0.2, -0.15) is 0 Å². The minimum atomic E-state index is 0.324. The average molecular weight is 248 g/mol. The molecule has 2 rings (SSSR count). The Morgan fingerprint density at radius 3 is 2.78 bits per heavy atom. The van der Waals surface area contributed by atoms with E-state index in [1.807, 2.05) is 31.0 Å². The predicted molar refractivity (Wildman–Crippen MR) is 68.5 cm³/mol. The Morgan fingerprint density at radius 1 is 1.39 bits per heavy atom. The van der Waals surface area contributed by atoms with E-state index in [4.69, 9.17) is 14.9 Å². The topological polar surface area (TPSA) is 77.4 Å². The molecule has 0 amide bonds. The lowest BCUT2D eigenvalue weighted by Gasteiger charge is -2.19. The maximum atomic E-state index is 5.74. The first kappa shape index (κ1) is 12.2. The lowest BCUT2D eigenvalue weighted by atomic mass is 10.3. The third-order valence-corrected chi connectivity index (χ3v) is 2.57. The molecule has 0 aliphatic heterocycles. The normalized spacial score (nSPS) is 10.4. The van der Waals surface area contributed by atoms with Crippen molar-refractivity contribution in [2.45, 2.75) is 13.5 Å². The second-order valence-corrected chi connectivity index (χ2v) is 3.98. The van der Waals surface area contributed by atoms with E-state index < -0.39 is 0 Å². The summed E-state index contributed by atoms with van der Waals surface area (Å²) < 4.78 is 10.7. The minimum Gasteiger partial charge on any atom is -0.490 e. The van der Waals surface area contributed by atoms with E-state index in [1.165, 1.54) is 6.33 Å². The zero-order valence-corrected chi connectivity index (χ0v) is 10.7. The van der Waals surface area contributed by atoms with Gasteiger partial charge in [0.2, 0.25) is 5.75 Å². The fourth-order valence-corrected chi connectivity index (χ4v) is 1.72. The Bertz CT molecular complexity index is 539. The smallest absolute Gasteiger partial charge is 0.204 e. The highest BCUT2D eigenvalue weighted by Gasteiger charge is 2.15. The molecule has 0 spiro atoms. The second-order valence-electron chi connectivity index (χ2n) is 3.98. The van der Waals surface area contributed by atoms with Gasteiger partial charge < -0.3 is 19.8 Å². The van der Waals surface area contributed by atoms with Crippen molar-refractivity contribution in [1.29, 1.82) is 0 Å². The van der Waals surface area contributed by atoms with Crippen LogP contribution < -0.4 is 15.4 Å². The van der Waals surface area contributed by atoms with Crippen molar-refractivity contribution in [3.63, 3.8) is 0 Å². The summed E-state index contributed by atoms with van der Waals surface area (Å²) in [5, 5.41) is 0. The van der Waals surface area contributed by atoms with Crippen molar-refractivity contribution in [3.8, 4) is 5.75 Å². The molecule has 18 heavy (non-hydrogen) atoms. The average Bonchev–Trinajstić information content (AvgIpc) is 2.74. The van der Waals surface area contributed by atoms with Crippen LogP contribution in [0.4, 0.5) is 11.6 Å². The monoisotopic (exact) mass is 248 g/mol. The number of nitrogens with two attached hydrogens (primary N) is 1. The highest BCUT2D eigenvalue weighted by atomic mass is 16.5. The van der Waals surface area contributed by atoms with Crippen molar-refractivity contribution in [2.24, 2.45) is 0 Å². The molecular formula is C12H16N4O2. The van der Waals surface area contributed by atoms with E-state index in [2.05, 4.69) is 9.97 Å². The zero-order chi connectivity index (χ0) is 13.1. The predicted octanol–water partition coefficient (Wildman–Crippen LogP) is 1.61. The highest BCUT2D eigenvalue weighted by molar-refractivity contribution is 5.62. The number of methoxy groups -OCH3 is 1. The molecule has 2 aromatic heterocycles. The van der Waals surface area contributed by atoms with Crippen LogP contribution in [0.15, 0.2) is 22.9 Å². The first-order valence-electron chi connectivity index (χ1n) is 5.52. The third-order valence-electron chi connectivity index (χ3n) is 2.57. The molecule has 0 aliphatic rings. The van der Waals surface area contributed by atoms with Crippen molar-refractivity contribution in [2.75, 3.05) is 24.8 Å². The molecule has 0 aromatic carbocycles. The van der Waals surface area contributed by atoms with Gasteiger partial charge in [-0.05, 0) is 19.1 Å². The summed E-state index contributed by atoms with van der Waals surface area (Å²) in [6, 6.07) is 3.86. The van der Waals surface area contributed by atoms with Crippen LogP contribution in [0.3, 0.4) is 0 Å². The third kappa shape index (κ3) is 2.37. The molecule has 96 valence electrons. The van der Waals surface area contributed by atoms with Gasteiger partial charge in [-0.1, -0.05) is 0 Å². The van der Waals surface area contributed by atoms with Crippen LogP contribution in [0.5, 0.6) is 5.75 Å². The van der Waals surface area contributed by atoms with Crippen LogP contribution in [0.25, 0.3) is 0 Å². The molecule has 0 fully saturated rings. The molecule has 6 heteroatoms. The molecule has 0 saturated heterocycles. The van der Waals surface area contributed by atoms with Crippen LogP contribution in [0.1, 0.15) is 11.5 Å². The Hall–Kier alpha value is -2.24. The minimum absolute atomic E-state index is 0.324. The number of nitrogen functional groups attached to an aromatic ring is 1. The second kappa shape index (κ2) is 4.95. The van der Waals surface area contributed by atoms with Crippen LogP contribution in [-0.4, -0.2) is 24.1 Å². The van der Waals surface area contributed by atoms with Gasteiger partial charge in [-0.3, -0.25) is 0 Å². The summed E-state index contributed by atoms with van der Waals surface area (Å²) in [5.74, 6) is 3.18. The first-order chi connectivity index (χ1) is 8.61. The van der Waals surface area contributed by atoms with Crippen LogP contribution >= 0.6 is 0 Å². The fourth-order valence-electron chi connectivity index (χ4n) is 1.72. The fraction of sp³-hybridized carbons (Fsp3) is 0.333. The largest absolute Gasteiger partial charge is 0.490 e. The lowest BCUT2D eigenvalue weighted by molar-refractivity contribution is 0.412. The van der Waals surface area contributed by atoms with Crippen LogP contribution in [0, 0.1) is 6.92 Å². The Morgan fingerprint density at radius 2 is 2.17 bits per heavy atom. The highest BCUT2D eigenvalue weighted by Crippen LogP contribution is 2.29. The summed E-state index contributed by atoms with van der Waals surface area (Å²) in [7, 11) is 3.44. The molecule has 0 atom stereocenters. The van der Waals surface area contributed by atoms with Crippen LogP contribution in [-0.2, 0) is 6.54 Å². The van der Waals surface area contributed by atoms with E-state index in [-0.39, 0.29) is 0 Å². The molecule has 0 unspecified atom stereocenters. The summed E-state index contributed by atoms with van der Waals surface area (Å²) in [6.07, 6.45) is 1.41. The van der Waals surface area contributed by atoms with E-state index in [1.54, 1.807) is 7.11 Å². The Kier molecular flexibility index (Phi) is 3.36. The number of hydrogen-bond acceptors (Lipinski definition) is 6. The molecule has 2 heterocycles. The summed E-state index contributed by atoms with van der Waals surface area (Å²) >= 11 is 0.